The maximum atomic E-state index is 13.7. The van der Waals surface area contributed by atoms with Crippen LogP contribution in [0.2, 0.25) is 0 Å². The van der Waals surface area contributed by atoms with E-state index in [-0.39, 0.29) is 11.5 Å². The summed E-state index contributed by atoms with van der Waals surface area (Å²) < 4.78 is 7.00. The Kier molecular flexibility index (Phi) is 7.90. The summed E-state index contributed by atoms with van der Waals surface area (Å²) in [7, 11) is 1.59. The van der Waals surface area contributed by atoms with Gasteiger partial charge in [0.1, 0.15) is 5.75 Å². The number of thioether (sulfide) groups is 1. The van der Waals surface area contributed by atoms with E-state index in [9.17, 15) is 9.59 Å². The highest BCUT2D eigenvalue weighted by Gasteiger charge is 2.18. The summed E-state index contributed by atoms with van der Waals surface area (Å²) >= 11 is 1.47. The van der Waals surface area contributed by atoms with Crippen molar-refractivity contribution in [2.24, 2.45) is 0 Å². The van der Waals surface area contributed by atoms with Crippen LogP contribution >= 0.6 is 11.8 Å². The van der Waals surface area contributed by atoms with Crippen LogP contribution in [-0.2, 0) is 5.75 Å². The van der Waals surface area contributed by atoms with Gasteiger partial charge in [-0.15, -0.1) is 0 Å². The molecule has 0 aliphatic rings. The molecule has 0 saturated heterocycles. The zero-order valence-electron chi connectivity index (χ0n) is 20.7. The smallest absolute Gasteiger partial charge is 0.266 e. The van der Waals surface area contributed by atoms with Crippen LogP contribution in [-0.4, -0.2) is 40.6 Å². The molecule has 184 valence electrons. The molecule has 7 heteroatoms. The van der Waals surface area contributed by atoms with Gasteiger partial charge in [0.15, 0.2) is 5.16 Å². The molecule has 1 amide bonds. The topological polar surface area (TPSA) is 64.4 Å². The Labute approximate surface area is 215 Å². The number of benzene rings is 3. The van der Waals surface area contributed by atoms with Crippen molar-refractivity contribution in [2.45, 2.75) is 24.8 Å². The predicted octanol–water partition coefficient (Wildman–Crippen LogP) is 5.81. The van der Waals surface area contributed by atoms with Gasteiger partial charge in [0, 0.05) is 30.5 Å². The normalized spacial score (nSPS) is 10.9. The number of rotatable bonds is 9. The SMILES string of the molecule is C=Cc1ccc(CSc2nc3cc(C(=O)N(CC)CC)ccc3c(=O)n2-c2cccc(OC)c2)cc1. The number of ether oxygens (including phenoxy) is 1. The van der Waals surface area contributed by atoms with E-state index in [1.165, 1.54) is 11.8 Å². The van der Waals surface area contributed by atoms with E-state index >= 15 is 0 Å². The van der Waals surface area contributed by atoms with E-state index in [1.807, 2.05) is 62.4 Å². The van der Waals surface area contributed by atoms with E-state index < -0.39 is 0 Å². The number of hydrogen-bond donors (Lipinski definition) is 0. The van der Waals surface area contributed by atoms with Crippen LogP contribution in [0.4, 0.5) is 0 Å². The molecule has 4 rings (SSSR count). The van der Waals surface area contributed by atoms with Crippen LogP contribution in [0.15, 0.2) is 83.3 Å². The van der Waals surface area contributed by atoms with Crippen LogP contribution in [0, 0.1) is 0 Å². The number of amides is 1. The van der Waals surface area contributed by atoms with Gasteiger partial charge in [-0.2, -0.15) is 0 Å². The lowest BCUT2D eigenvalue weighted by Gasteiger charge is -2.19. The molecule has 3 aromatic carbocycles. The van der Waals surface area contributed by atoms with E-state index in [4.69, 9.17) is 9.72 Å². The number of hydrogen-bond acceptors (Lipinski definition) is 5. The van der Waals surface area contributed by atoms with Crippen molar-refractivity contribution in [1.29, 1.82) is 0 Å². The Balaban J connectivity index is 1.83. The summed E-state index contributed by atoms with van der Waals surface area (Å²) in [4.78, 5) is 33.3. The predicted molar refractivity (Wildman–Crippen MR) is 147 cm³/mol. The van der Waals surface area contributed by atoms with Crippen molar-refractivity contribution in [3.63, 3.8) is 0 Å². The van der Waals surface area contributed by atoms with Gasteiger partial charge in [-0.1, -0.05) is 54.7 Å². The minimum Gasteiger partial charge on any atom is -0.497 e. The van der Waals surface area contributed by atoms with Crippen molar-refractivity contribution in [1.82, 2.24) is 14.5 Å². The van der Waals surface area contributed by atoms with Crippen LogP contribution < -0.4 is 10.3 Å². The number of nitrogens with zero attached hydrogens (tertiary/aromatic N) is 3. The molecule has 0 unspecified atom stereocenters. The van der Waals surface area contributed by atoms with Gasteiger partial charge in [0.05, 0.1) is 23.7 Å². The molecule has 36 heavy (non-hydrogen) atoms. The summed E-state index contributed by atoms with van der Waals surface area (Å²) in [6.07, 6.45) is 1.80. The van der Waals surface area contributed by atoms with Crippen LogP contribution in [0.1, 0.15) is 35.3 Å². The number of carbonyl (C=O) groups is 1. The second-order valence-electron chi connectivity index (χ2n) is 8.18. The molecule has 0 aliphatic heterocycles. The second-order valence-corrected chi connectivity index (χ2v) is 9.12. The van der Waals surface area contributed by atoms with Crippen molar-refractivity contribution in [3.05, 3.63) is 100 Å². The molecule has 4 aromatic rings. The van der Waals surface area contributed by atoms with Gasteiger partial charge >= 0.3 is 0 Å². The largest absolute Gasteiger partial charge is 0.497 e. The quantitative estimate of drug-likeness (QED) is 0.215. The van der Waals surface area contributed by atoms with Crippen molar-refractivity contribution in [3.8, 4) is 11.4 Å². The van der Waals surface area contributed by atoms with Gasteiger partial charge in [-0.3, -0.25) is 14.2 Å². The van der Waals surface area contributed by atoms with E-state index in [1.54, 1.807) is 40.9 Å². The molecular formula is C29H29N3O3S. The highest BCUT2D eigenvalue weighted by Crippen LogP contribution is 2.27. The maximum Gasteiger partial charge on any atom is 0.266 e. The minimum absolute atomic E-state index is 0.0721. The molecule has 0 saturated carbocycles. The van der Waals surface area contributed by atoms with Gasteiger partial charge in [-0.25, -0.2) is 4.98 Å². The summed E-state index contributed by atoms with van der Waals surface area (Å²) in [5, 5.41) is 0.995. The molecule has 0 radical (unpaired) electrons. The first-order valence-corrected chi connectivity index (χ1v) is 12.8. The second kappa shape index (κ2) is 11.3. The standard InChI is InChI=1S/C29H29N3O3S/c1-5-20-11-13-21(14-12-20)19-36-29-30-26-17-22(27(33)31(6-2)7-3)15-16-25(26)28(34)32(29)23-9-8-10-24(18-23)35-4/h5,8-18H,1,6-7,19H2,2-4H3. The lowest BCUT2D eigenvalue weighted by atomic mass is 10.1. The van der Waals surface area contributed by atoms with Crippen LogP contribution in [0.3, 0.4) is 0 Å². The first-order chi connectivity index (χ1) is 17.5. The van der Waals surface area contributed by atoms with Gasteiger partial charge in [-0.05, 0) is 55.3 Å². The van der Waals surface area contributed by atoms with E-state index in [2.05, 4.69) is 6.58 Å². The zero-order valence-corrected chi connectivity index (χ0v) is 21.5. The Morgan fingerprint density at radius 2 is 1.83 bits per heavy atom. The fourth-order valence-electron chi connectivity index (χ4n) is 3.96. The Hall–Kier alpha value is -3.84. The Morgan fingerprint density at radius 1 is 1.08 bits per heavy atom. The molecule has 0 bridgehead atoms. The monoisotopic (exact) mass is 499 g/mol. The molecule has 1 aromatic heterocycles. The molecule has 0 N–H and O–H groups in total. The molecule has 0 aliphatic carbocycles. The summed E-state index contributed by atoms with van der Waals surface area (Å²) in [6.45, 7) is 8.93. The molecule has 0 spiro atoms. The highest BCUT2D eigenvalue weighted by atomic mass is 32.2. The molecule has 0 fully saturated rings. The summed E-state index contributed by atoms with van der Waals surface area (Å²) in [5.74, 6) is 1.20. The minimum atomic E-state index is -0.195. The van der Waals surface area contributed by atoms with Crippen molar-refractivity contribution < 1.29 is 9.53 Å². The lowest BCUT2D eigenvalue weighted by Crippen LogP contribution is -2.30. The fraction of sp³-hybridized carbons (Fsp3) is 0.207. The maximum absolute atomic E-state index is 13.7. The Bertz CT molecular complexity index is 1460. The molecular weight excluding hydrogens is 470 g/mol. The number of aromatic nitrogens is 2. The van der Waals surface area contributed by atoms with Crippen LogP contribution in [0.5, 0.6) is 5.75 Å². The molecule has 0 atom stereocenters. The average molecular weight is 500 g/mol. The van der Waals surface area contributed by atoms with Crippen molar-refractivity contribution in [2.75, 3.05) is 20.2 Å². The zero-order chi connectivity index (χ0) is 25.7. The molecule has 1 heterocycles. The van der Waals surface area contributed by atoms with E-state index in [0.717, 1.165) is 11.1 Å². The number of carbonyl (C=O) groups excluding carboxylic acids is 1. The molecule has 6 nitrogen and oxygen atoms in total. The first-order valence-electron chi connectivity index (χ1n) is 11.8. The average Bonchev–Trinajstić information content (AvgIpc) is 2.92. The lowest BCUT2D eigenvalue weighted by molar-refractivity contribution is 0.0773. The summed E-state index contributed by atoms with van der Waals surface area (Å²) in [5.41, 5.74) is 3.64. The Morgan fingerprint density at radius 3 is 2.50 bits per heavy atom. The third kappa shape index (κ3) is 5.21. The van der Waals surface area contributed by atoms with E-state index in [0.29, 0.717) is 51.9 Å². The number of fused-ring (bicyclic) bond motifs is 1. The van der Waals surface area contributed by atoms with Gasteiger partial charge in [0.2, 0.25) is 0 Å². The number of methoxy groups -OCH3 is 1. The third-order valence-corrected chi connectivity index (χ3v) is 7.04. The third-order valence-electron chi connectivity index (χ3n) is 6.03. The first kappa shape index (κ1) is 25.3. The van der Waals surface area contributed by atoms with Gasteiger partial charge < -0.3 is 9.64 Å². The van der Waals surface area contributed by atoms with Crippen molar-refractivity contribution >= 4 is 34.6 Å². The van der Waals surface area contributed by atoms with Gasteiger partial charge in [0.25, 0.3) is 11.5 Å². The fourth-order valence-corrected chi connectivity index (χ4v) is 4.93. The van der Waals surface area contributed by atoms with Crippen LogP contribution in [0.25, 0.3) is 22.7 Å². The highest BCUT2D eigenvalue weighted by molar-refractivity contribution is 7.98. The summed E-state index contributed by atoms with van der Waals surface area (Å²) in [6, 6.07) is 20.6.